The SMILES string of the molecule is CCN(CC)CCOC(=S)S. The number of thiocarbonyl (C=S) groups is 1. The minimum Gasteiger partial charge on any atom is -0.477 e. The summed E-state index contributed by atoms with van der Waals surface area (Å²) >= 11 is 8.49. The maximum Gasteiger partial charge on any atom is 0.216 e. The number of nitrogens with zero attached hydrogens (tertiary/aromatic N) is 1. The maximum absolute atomic E-state index is 5.03. The minimum absolute atomic E-state index is 0.331. The predicted molar refractivity (Wildman–Crippen MR) is 55.3 cm³/mol. The van der Waals surface area contributed by atoms with Crippen LogP contribution in [0.1, 0.15) is 13.8 Å². The van der Waals surface area contributed by atoms with E-state index < -0.39 is 0 Å². The smallest absolute Gasteiger partial charge is 0.216 e. The van der Waals surface area contributed by atoms with Crippen LogP contribution in [0.5, 0.6) is 0 Å². The van der Waals surface area contributed by atoms with E-state index in [-0.39, 0.29) is 0 Å². The summed E-state index contributed by atoms with van der Waals surface area (Å²) in [5.41, 5.74) is 0. The van der Waals surface area contributed by atoms with Crippen molar-refractivity contribution in [3.05, 3.63) is 0 Å². The van der Waals surface area contributed by atoms with E-state index in [2.05, 4.69) is 43.6 Å². The molecule has 0 unspecified atom stereocenters. The molecule has 0 aliphatic heterocycles. The zero-order chi connectivity index (χ0) is 8.69. The van der Waals surface area contributed by atoms with Crippen LogP contribution in [0, 0.1) is 0 Å². The monoisotopic (exact) mass is 193 g/mol. The van der Waals surface area contributed by atoms with E-state index in [0.717, 1.165) is 19.6 Å². The second-order valence-corrected chi connectivity index (χ2v) is 3.22. The van der Waals surface area contributed by atoms with Crippen LogP contribution in [-0.2, 0) is 4.74 Å². The lowest BCUT2D eigenvalue weighted by Gasteiger charge is -2.17. The Bertz CT molecular complexity index is 115. The molecule has 0 saturated heterocycles. The molecule has 0 spiro atoms. The highest BCUT2D eigenvalue weighted by molar-refractivity contribution is 8.10. The molecule has 4 heteroatoms. The first-order valence-corrected chi connectivity index (χ1v) is 4.64. The lowest BCUT2D eigenvalue weighted by Crippen LogP contribution is -2.27. The van der Waals surface area contributed by atoms with Gasteiger partial charge in [-0.2, -0.15) is 0 Å². The van der Waals surface area contributed by atoms with Gasteiger partial charge in [-0.05, 0) is 25.3 Å². The van der Waals surface area contributed by atoms with E-state index >= 15 is 0 Å². The zero-order valence-corrected chi connectivity index (χ0v) is 8.75. The Morgan fingerprint density at radius 1 is 1.45 bits per heavy atom. The fourth-order valence-corrected chi connectivity index (χ4v) is 0.977. The van der Waals surface area contributed by atoms with E-state index in [1.807, 2.05) is 0 Å². The van der Waals surface area contributed by atoms with Crippen molar-refractivity contribution in [3.63, 3.8) is 0 Å². The molecule has 0 heterocycles. The summed E-state index contributed by atoms with van der Waals surface area (Å²) in [5.74, 6) is 0. The van der Waals surface area contributed by atoms with Gasteiger partial charge in [-0.25, -0.2) is 0 Å². The molecule has 0 N–H and O–H groups in total. The molecule has 0 aliphatic carbocycles. The summed E-state index contributed by atoms with van der Waals surface area (Å²) in [5, 5.41) is 0. The van der Waals surface area contributed by atoms with E-state index in [9.17, 15) is 0 Å². The van der Waals surface area contributed by atoms with Crippen LogP contribution in [0.2, 0.25) is 0 Å². The van der Waals surface area contributed by atoms with E-state index in [4.69, 9.17) is 4.74 Å². The summed E-state index contributed by atoms with van der Waals surface area (Å²) < 4.78 is 5.36. The zero-order valence-electron chi connectivity index (χ0n) is 7.04. The number of ether oxygens (including phenoxy) is 1. The van der Waals surface area contributed by atoms with Gasteiger partial charge in [0.15, 0.2) is 0 Å². The molecule has 0 atom stereocenters. The van der Waals surface area contributed by atoms with Crippen LogP contribution < -0.4 is 0 Å². The highest BCUT2D eigenvalue weighted by Gasteiger charge is 1.97. The van der Waals surface area contributed by atoms with Crippen LogP contribution in [0.4, 0.5) is 0 Å². The summed E-state index contributed by atoms with van der Waals surface area (Å²) in [6.07, 6.45) is 0. The van der Waals surface area contributed by atoms with E-state index in [0.29, 0.717) is 11.0 Å². The van der Waals surface area contributed by atoms with Gasteiger partial charge in [0.1, 0.15) is 6.61 Å². The third kappa shape index (κ3) is 6.59. The Morgan fingerprint density at radius 2 is 2.00 bits per heavy atom. The predicted octanol–water partition coefficient (Wildman–Crippen LogP) is 1.56. The largest absolute Gasteiger partial charge is 0.477 e. The summed E-state index contributed by atoms with van der Waals surface area (Å²) in [4.78, 5) is 2.27. The third-order valence-electron chi connectivity index (χ3n) is 1.53. The van der Waals surface area contributed by atoms with E-state index in [1.165, 1.54) is 0 Å². The average Bonchev–Trinajstić information content (AvgIpc) is 1.98. The van der Waals surface area contributed by atoms with Crippen molar-refractivity contribution in [1.29, 1.82) is 0 Å². The molecule has 0 saturated carbocycles. The lowest BCUT2D eigenvalue weighted by molar-refractivity contribution is 0.223. The van der Waals surface area contributed by atoms with Gasteiger partial charge in [0.2, 0.25) is 4.38 Å². The topological polar surface area (TPSA) is 12.5 Å². The van der Waals surface area contributed by atoms with Crippen molar-refractivity contribution in [1.82, 2.24) is 4.90 Å². The van der Waals surface area contributed by atoms with Gasteiger partial charge < -0.3 is 9.64 Å². The molecule has 0 bridgehead atoms. The molecule has 0 rings (SSSR count). The molecule has 11 heavy (non-hydrogen) atoms. The first-order valence-electron chi connectivity index (χ1n) is 3.78. The standard InChI is InChI=1S/C7H15NOS2/c1-3-8(4-2)5-6-9-7(10)11/h3-6H2,1-2H3,(H,10,11). The second kappa shape index (κ2) is 6.88. The quantitative estimate of drug-likeness (QED) is 0.526. The minimum atomic E-state index is 0.331. The molecule has 0 amide bonds. The van der Waals surface area contributed by atoms with Crippen LogP contribution in [-0.4, -0.2) is 35.5 Å². The number of hydrogen-bond acceptors (Lipinski definition) is 3. The first-order chi connectivity index (χ1) is 5.20. The molecule has 0 radical (unpaired) electrons. The highest BCUT2D eigenvalue weighted by Crippen LogP contribution is 1.90. The van der Waals surface area contributed by atoms with Crippen LogP contribution in [0.3, 0.4) is 0 Å². The first kappa shape index (κ1) is 11.2. The molecule has 0 aliphatic rings. The molecule has 0 aromatic rings. The number of thiol groups is 1. The van der Waals surface area contributed by atoms with Gasteiger partial charge >= 0.3 is 0 Å². The van der Waals surface area contributed by atoms with Gasteiger partial charge in [0.25, 0.3) is 0 Å². The molecule has 0 aromatic heterocycles. The third-order valence-corrected chi connectivity index (χ3v) is 1.77. The summed E-state index contributed by atoms with van der Waals surface area (Å²) in [6, 6.07) is 0. The average molecular weight is 193 g/mol. The molecule has 2 nitrogen and oxygen atoms in total. The van der Waals surface area contributed by atoms with Gasteiger partial charge in [-0.15, -0.1) is 0 Å². The normalized spacial score (nSPS) is 10.2. The van der Waals surface area contributed by atoms with Gasteiger partial charge in [0.05, 0.1) is 0 Å². The fraction of sp³-hybridized carbons (Fsp3) is 0.857. The Hall–Kier alpha value is 0.200. The Morgan fingerprint density at radius 3 is 2.36 bits per heavy atom. The molecule has 0 aromatic carbocycles. The summed E-state index contributed by atoms with van der Waals surface area (Å²) in [6.45, 7) is 7.93. The Balaban J connectivity index is 3.28. The van der Waals surface area contributed by atoms with Crippen molar-refractivity contribution in [2.75, 3.05) is 26.2 Å². The van der Waals surface area contributed by atoms with E-state index in [1.54, 1.807) is 0 Å². The lowest BCUT2D eigenvalue weighted by atomic mass is 10.5. The molecule has 0 fully saturated rings. The van der Waals surface area contributed by atoms with Gasteiger partial charge in [0, 0.05) is 6.54 Å². The maximum atomic E-state index is 5.03. The van der Waals surface area contributed by atoms with Crippen molar-refractivity contribution < 1.29 is 4.74 Å². The molecule has 66 valence electrons. The van der Waals surface area contributed by atoms with Crippen molar-refractivity contribution in [2.24, 2.45) is 0 Å². The number of rotatable bonds is 5. The van der Waals surface area contributed by atoms with Crippen molar-refractivity contribution in [2.45, 2.75) is 13.8 Å². The van der Waals surface area contributed by atoms with Crippen LogP contribution >= 0.6 is 24.8 Å². The number of likely N-dealkylation sites (N-methyl/N-ethyl adjacent to an activating group) is 1. The van der Waals surface area contributed by atoms with Crippen molar-refractivity contribution >= 4 is 29.2 Å². The highest BCUT2D eigenvalue weighted by atomic mass is 32.1. The molecular weight excluding hydrogens is 178 g/mol. The van der Waals surface area contributed by atoms with Crippen LogP contribution in [0.25, 0.3) is 0 Å². The number of hydrogen-bond donors (Lipinski definition) is 1. The van der Waals surface area contributed by atoms with Crippen LogP contribution in [0.15, 0.2) is 0 Å². The fourth-order valence-electron chi connectivity index (χ4n) is 0.802. The second-order valence-electron chi connectivity index (χ2n) is 2.14. The van der Waals surface area contributed by atoms with Gasteiger partial charge in [-0.3, -0.25) is 0 Å². The summed E-state index contributed by atoms with van der Waals surface area (Å²) in [7, 11) is 0. The van der Waals surface area contributed by atoms with Crippen molar-refractivity contribution in [3.8, 4) is 0 Å². The van der Waals surface area contributed by atoms with Gasteiger partial charge in [-0.1, -0.05) is 26.5 Å². The Labute approximate surface area is 79.3 Å². The molecular formula is C7H15NOS2. The Kier molecular flexibility index (Phi) is 7.01.